The zero-order valence-corrected chi connectivity index (χ0v) is 18.9. The third-order valence-corrected chi connectivity index (χ3v) is 8.03. The maximum absolute atomic E-state index is 12.7. The Labute approximate surface area is 186 Å². The van der Waals surface area contributed by atoms with Crippen LogP contribution in [0, 0.1) is 34.0 Å². The van der Waals surface area contributed by atoms with Gasteiger partial charge >= 0.3 is 23.9 Å². The second kappa shape index (κ2) is 8.67. The predicted octanol–water partition coefficient (Wildman–Crippen LogP) is 1.62. The van der Waals surface area contributed by atoms with Crippen molar-refractivity contribution in [2.45, 2.75) is 38.5 Å². The van der Waals surface area contributed by atoms with Crippen molar-refractivity contribution in [2.75, 3.05) is 28.4 Å². The van der Waals surface area contributed by atoms with E-state index in [2.05, 4.69) is 0 Å². The number of esters is 4. The normalized spacial score (nSPS) is 31.8. The summed E-state index contributed by atoms with van der Waals surface area (Å²) in [5.74, 6) is -3.57. The van der Waals surface area contributed by atoms with E-state index in [0.717, 1.165) is 6.29 Å². The third kappa shape index (κ3) is 3.24. The minimum Gasteiger partial charge on any atom is -0.468 e. The number of hydrogen-bond donors (Lipinski definition) is 0. The second-order valence-corrected chi connectivity index (χ2v) is 9.07. The fourth-order valence-electron chi connectivity index (χ4n) is 6.29. The van der Waals surface area contributed by atoms with Crippen LogP contribution in [0.3, 0.4) is 0 Å². The molecule has 4 atom stereocenters. The average molecular weight is 450 g/mol. The summed E-state index contributed by atoms with van der Waals surface area (Å²) in [7, 11) is 4.87. The molecule has 0 saturated heterocycles. The van der Waals surface area contributed by atoms with Crippen LogP contribution in [-0.2, 0) is 42.9 Å². The highest BCUT2D eigenvalue weighted by Crippen LogP contribution is 2.62. The molecule has 32 heavy (non-hydrogen) atoms. The van der Waals surface area contributed by atoms with Crippen LogP contribution in [0.25, 0.3) is 0 Å². The average Bonchev–Trinajstić information content (AvgIpc) is 3.15. The van der Waals surface area contributed by atoms with Crippen LogP contribution in [-0.4, -0.2) is 58.6 Å². The van der Waals surface area contributed by atoms with Gasteiger partial charge in [0.15, 0.2) is 10.8 Å². The Morgan fingerprint density at radius 1 is 0.750 bits per heavy atom. The quantitative estimate of drug-likeness (QED) is 0.202. The second-order valence-electron chi connectivity index (χ2n) is 9.07. The predicted molar refractivity (Wildman–Crippen MR) is 109 cm³/mol. The van der Waals surface area contributed by atoms with Crippen LogP contribution in [0.1, 0.15) is 38.5 Å². The summed E-state index contributed by atoms with van der Waals surface area (Å²) in [6, 6.07) is 0. The Kier molecular flexibility index (Phi) is 6.49. The Hall–Kier alpha value is -2.71. The SMILES string of the molecule is COC(=O)C1(C(=O)OC)CC[C@H]2C=C[C@H]3CC(C(=O)OC)(C(=O)OC)CC3C2(C=O)CC1. The fourth-order valence-corrected chi connectivity index (χ4v) is 6.29. The Bertz CT molecular complexity index is 812. The van der Waals surface area contributed by atoms with Crippen LogP contribution in [0.4, 0.5) is 0 Å². The van der Waals surface area contributed by atoms with E-state index in [1.165, 1.54) is 28.4 Å². The van der Waals surface area contributed by atoms with Crippen molar-refractivity contribution >= 4 is 30.2 Å². The first kappa shape index (κ1) is 23.9. The summed E-state index contributed by atoms with van der Waals surface area (Å²) in [4.78, 5) is 63.4. The van der Waals surface area contributed by atoms with Gasteiger partial charge in [0.2, 0.25) is 0 Å². The van der Waals surface area contributed by atoms with Crippen molar-refractivity contribution in [3.63, 3.8) is 0 Å². The number of allylic oxidation sites excluding steroid dienone is 2. The van der Waals surface area contributed by atoms with Gasteiger partial charge in [-0.2, -0.15) is 0 Å². The van der Waals surface area contributed by atoms with Gasteiger partial charge in [0.25, 0.3) is 0 Å². The summed E-state index contributed by atoms with van der Waals surface area (Å²) in [5.41, 5.74) is -3.95. The molecule has 9 nitrogen and oxygen atoms in total. The minimum absolute atomic E-state index is 0.0715. The highest BCUT2D eigenvalue weighted by molar-refractivity contribution is 6.01. The third-order valence-electron chi connectivity index (χ3n) is 8.03. The molecule has 3 aliphatic rings. The van der Waals surface area contributed by atoms with Crippen LogP contribution in [0.15, 0.2) is 12.2 Å². The Morgan fingerprint density at radius 2 is 1.28 bits per heavy atom. The monoisotopic (exact) mass is 450 g/mol. The summed E-state index contributed by atoms with van der Waals surface area (Å²) in [6.07, 6.45) is 5.86. The molecule has 3 rings (SSSR count). The van der Waals surface area contributed by atoms with E-state index in [0.29, 0.717) is 6.42 Å². The molecule has 9 heteroatoms. The van der Waals surface area contributed by atoms with Crippen molar-refractivity contribution in [3.8, 4) is 0 Å². The highest BCUT2D eigenvalue weighted by Gasteiger charge is 2.65. The molecule has 0 aromatic rings. The number of hydrogen-bond acceptors (Lipinski definition) is 9. The standard InChI is InChI=1S/C23H30O9/c1-29-17(25)21(18(26)30-2)8-7-15-6-5-14-11-23(19(27)31-3,20(28)32-4)12-16(14)22(15,13-24)10-9-21/h5-6,13-16H,7-12H2,1-4H3/t14-,15+,16?,22?/m0/s1. The maximum atomic E-state index is 12.7. The van der Waals surface area contributed by atoms with Crippen LogP contribution in [0.2, 0.25) is 0 Å². The Balaban J connectivity index is 2.04. The molecule has 0 N–H and O–H groups in total. The van der Waals surface area contributed by atoms with Crippen LogP contribution < -0.4 is 0 Å². The van der Waals surface area contributed by atoms with Gasteiger partial charge in [0.1, 0.15) is 6.29 Å². The van der Waals surface area contributed by atoms with E-state index in [1.54, 1.807) is 0 Å². The lowest BCUT2D eigenvalue weighted by Crippen LogP contribution is -2.44. The lowest BCUT2D eigenvalue weighted by atomic mass is 9.58. The molecular formula is C23H30O9. The van der Waals surface area contributed by atoms with E-state index in [9.17, 15) is 24.0 Å². The fraction of sp³-hybridized carbons (Fsp3) is 0.696. The molecule has 0 amide bonds. The molecule has 0 bridgehead atoms. The summed E-state index contributed by atoms with van der Waals surface area (Å²) >= 11 is 0. The molecule has 2 unspecified atom stereocenters. The molecule has 3 aliphatic carbocycles. The number of fused-ring (bicyclic) bond motifs is 3. The van der Waals surface area contributed by atoms with E-state index < -0.39 is 40.1 Å². The van der Waals surface area contributed by atoms with E-state index >= 15 is 0 Å². The molecule has 2 saturated carbocycles. The van der Waals surface area contributed by atoms with Gasteiger partial charge in [-0.25, -0.2) is 0 Å². The van der Waals surface area contributed by atoms with Gasteiger partial charge in [-0.1, -0.05) is 12.2 Å². The zero-order valence-electron chi connectivity index (χ0n) is 18.9. The summed E-state index contributed by atoms with van der Waals surface area (Å²) in [5, 5.41) is 0. The number of aldehydes is 1. The maximum Gasteiger partial charge on any atom is 0.323 e. The number of methoxy groups -OCH3 is 4. The minimum atomic E-state index is -1.50. The first-order valence-corrected chi connectivity index (χ1v) is 10.7. The van der Waals surface area contributed by atoms with E-state index in [4.69, 9.17) is 18.9 Å². The van der Waals surface area contributed by atoms with Crippen molar-refractivity contribution in [2.24, 2.45) is 34.0 Å². The van der Waals surface area contributed by atoms with Gasteiger partial charge in [-0.05, 0) is 56.3 Å². The van der Waals surface area contributed by atoms with Gasteiger partial charge in [-0.3, -0.25) is 19.2 Å². The molecule has 0 aromatic carbocycles. The molecule has 0 aliphatic heterocycles. The zero-order chi connectivity index (χ0) is 23.7. The lowest BCUT2D eigenvalue weighted by Gasteiger charge is -2.44. The molecule has 176 valence electrons. The first-order chi connectivity index (χ1) is 15.2. The summed E-state index contributed by atoms with van der Waals surface area (Å²) < 4.78 is 19.8. The van der Waals surface area contributed by atoms with Gasteiger partial charge in [0.05, 0.1) is 28.4 Å². The van der Waals surface area contributed by atoms with Crippen molar-refractivity contribution in [1.82, 2.24) is 0 Å². The number of carbonyl (C=O) groups excluding carboxylic acids is 5. The first-order valence-electron chi connectivity index (χ1n) is 10.7. The molecule has 0 aromatic heterocycles. The van der Waals surface area contributed by atoms with Crippen molar-refractivity contribution < 1.29 is 42.9 Å². The van der Waals surface area contributed by atoms with Crippen molar-refractivity contribution in [1.29, 1.82) is 0 Å². The van der Waals surface area contributed by atoms with E-state index in [-0.39, 0.29) is 49.9 Å². The van der Waals surface area contributed by atoms with Gasteiger partial charge in [-0.15, -0.1) is 0 Å². The van der Waals surface area contributed by atoms with Gasteiger partial charge in [0, 0.05) is 5.41 Å². The number of rotatable bonds is 5. The number of carbonyl (C=O) groups is 5. The smallest absolute Gasteiger partial charge is 0.323 e. The van der Waals surface area contributed by atoms with Crippen LogP contribution in [0.5, 0.6) is 0 Å². The molecule has 0 heterocycles. The number of ether oxygens (including phenoxy) is 4. The largest absolute Gasteiger partial charge is 0.468 e. The van der Waals surface area contributed by atoms with Crippen molar-refractivity contribution in [3.05, 3.63) is 12.2 Å². The topological polar surface area (TPSA) is 122 Å². The highest BCUT2D eigenvalue weighted by atomic mass is 16.6. The molecule has 0 spiro atoms. The summed E-state index contributed by atoms with van der Waals surface area (Å²) in [6.45, 7) is 0. The van der Waals surface area contributed by atoms with Crippen LogP contribution >= 0.6 is 0 Å². The lowest BCUT2D eigenvalue weighted by molar-refractivity contribution is -0.171. The molecule has 2 fully saturated rings. The van der Waals surface area contributed by atoms with Gasteiger partial charge < -0.3 is 23.7 Å². The molecule has 0 radical (unpaired) electrons. The Morgan fingerprint density at radius 3 is 1.78 bits per heavy atom. The molecular weight excluding hydrogens is 420 g/mol. The van der Waals surface area contributed by atoms with E-state index in [1.807, 2.05) is 12.2 Å².